The Morgan fingerprint density at radius 3 is 2.64 bits per heavy atom. The van der Waals surface area contributed by atoms with Crippen LogP contribution in [0.25, 0.3) is 0 Å². The summed E-state index contributed by atoms with van der Waals surface area (Å²) in [6, 6.07) is 3.68. The monoisotopic (exact) mass is 195 g/mol. The minimum absolute atomic E-state index is 0.258. The van der Waals surface area contributed by atoms with Gasteiger partial charge in [0.2, 0.25) is 6.79 Å². The second kappa shape index (κ2) is 3.48. The van der Waals surface area contributed by atoms with Crippen LogP contribution in [-0.2, 0) is 0 Å². The molecule has 1 unspecified atom stereocenters. The maximum Gasteiger partial charge on any atom is 0.231 e. The van der Waals surface area contributed by atoms with Crippen LogP contribution in [0.2, 0.25) is 0 Å². The number of ether oxygens (including phenoxy) is 2. The van der Waals surface area contributed by atoms with Crippen molar-refractivity contribution in [3.05, 3.63) is 23.3 Å². The fourth-order valence-electron chi connectivity index (χ4n) is 1.51. The molecule has 2 rings (SSSR count). The summed E-state index contributed by atoms with van der Waals surface area (Å²) in [5.41, 5.74) is 1.80. The molecule has 4 heteroatoms. The standard InChI is InChI=1S/C10H13NO3/c1-6-3-8-9(14-5-13-8)4-7(6)10(12)11-2/h3-4,10-12H,5H2,1-2H3. The molecule has 0 fully saturated rings. The second-order valence-electron chi connectivity index (χ2n) is 3.25. The van der Waals surface area contributed by atoms with Crippen LogP contribution in [0.3, 0.4) is 0 Å². The molecule has 1 aromatic rings. The predicted molar refractivity (Wildman–Crippen MR) is 51.3 cm³/mol. The average molecular weight is 195 g/mol. The first-order valence-electron chi connectivity index (χ1n) is 4.48. The number of rotatable bonds is 2. The number of fused-ring (bicyclic) bond motifs is 1. The van der Waals surface area contributed by atoms with Gasteiger partial charge in [-0.3, -0.25) is 5.32 Å². The predicted octanol–water partition coefficient (Wildman–Crippen LogP) is 0.934. The molecule has 1 aliphatic heterocycles. The quantitative estimate of drug-likeness (QED) is 0.689. The first kappa shape index (κ1) is 9.30. The Balaban J connectivity index is 2.42. The van der Waals surface area contributed by atoms with Crippen molar-refractivity contribution < 1.29 is 14.6 Å². The molecule has 4 nitrogen and oxygen atoms in total. The van der Waals surface area contributed by atoms with Crippen LogP contribution in [0.15, 0.2) is 12.1 Å². The maximum absolute atomic E-state index is 9.63. The molecular formula is C10H13NO3. The van der Waals surface area contributed by atoms with Crippen molar-refractivity contribution in [2.75, 3.05) is 13.8 Å². The molecule has 14 heavy (non-hydrogen) atoms. The maximum atomic E-state index is 9.63. The average Bonchev–Trinajstić information content (AvgIpc) is 2.62. The number of aliphatic hydroxyl groups excluding tert-OH is 1. The van der Waals surface area contributed by atoms with Gasteiger partial charge in [0.25, 0.3) is 0 Å². The Labute approximate surface area is 82.5 Å². The van der Waals surface area contributed by atoms with Crippen molar-refractivity contribution in [2.45, 2.75) is 13.2 Å². The van der Waals surface area contributed by atoms with Crippen LogP contribution >= 0.6 is 0 Å². The molecule has 0 amide bonds. The summed E-state index contributed by atoms with van der Waals surface area (Å²) in [5.74, 6) is 1.44. The highest BCUT2D eigenvalue weighted by Gasteiger charge is 2.18. The second-order valence-corrected chi connectivity index (χ2v) is 3.25. The summed E-state index contributed by atoms with van der Waals surface area (Å²) < 4.78 is 10.5. The molecule has 0 saturated carbocycles. The van der Waals surface area contributed by atoms with E-state index in [9.17, 15) is 5.11 Å². The first-order chi connectivity index (χ1) is 6.72. The minimum atomic E-state index is -0.663. The summed E-state index contributed by atoms with van der Waals surface area (Å²) in [5, 5.41) is 12.4. The molecule has 1 aromatic carbocycles. The van der Waals surface area contributed by atoms with E-state index in [4.69, 9.17) is 9.47 Å². The zero-order valence-electron chi connectivity index (χ0n) is 8.20. The van der Waals surface area contributed by atoms with E-state index in [1.54, 1.807) is 13.1 Å². The van der Waals surface area contributed by atoms with Gasteiger partial charge in [-0.15, -0.1) is 0 Å². The van der Waals surface area contributed by atoms with Crippen molar-refractivity contribution in [3.63, 3.8) is 0 Å². The van der Waals surface area contributed by atoms with Gasteiger partial charge in [0.1, 0.15) is 6.23 Å². The van der Waals surface area contributed by atoms with Gasteiger partial charge in [-0.1, -0.05) is 0 Å². The fraction of sp³-hybridized carbons (Fsp3) is 0.400. The van der Waals surface area contributed by atoms with Crippen LogP contribution in [0.1, 0.15) is 17.4 Å². The zero-order chi connectivity index (χ0) is 10.1. The van der Waals surface area contributed by atoms with Gasteiger partial charge in [0.05, 0.1) is 0 Å². The molecule has 0 spiro atoms. The van der Waals surface area contributed by atoms with Crippen molar-refractivity contribution >= 4 is 0 Å². The normalized spacial score (nSPS) is 15.6. The SMILES string of the molecule is CNC(O)c1cc2c(cc1C)OCO2. The van der Waals surface area contributed by atoms with Gasteiger partial charge in [-0.25, -0.2) is 0 Å². The lowest BCUT2D eigenvalue weighted by molar-refractivity contribution is 0.148. The van der Waals surface area contributed by atoms with E-state index in [0.717, 1.165) is 16.9 Å². The highest BCUT2D eigenvalue weighted by Crippen LogP contribution is 2.35. The van der Waals surface area contributed by atoms with Gasteiger partial charge in [0, 0.05) is 5.56 Å². The third kappa shape index (κ3) is 1.42. The smallest absolute Gasteiger partial charge is 0.231 e. The Hall–Kier alpha value is -1.26. The van der Waals surface area contributed by atoms with Gasteiger partial charge in [-0.05, 0) is 31.7 Å². The van der Waals surface area contributed by atoms with Crippen molar-refractivity contribution in [1.29, 1.82) is 0 Å². The molecular weight excluding hydrogens is 182 g/mol. The molecule has 0 bridgehead atoms. The number of hydrogen-bond donors (Lipinski definition) is 2. The summed E-state index contributed by atoms with van der Waals surface area (Å²) in [6.45, 7) is 2.19. The fourth-order valence-corrected chi connectivity index (χ4v) is 1.51. The van der Waals surface area contributed by atoms with Gasteiger partial charge in [-0.2, -0.15) is 0 Å². The molecule has 2 N–H and O–H groups in total. The zero-order valence-corrected chi connectivity index (χ0v) is 8.20. The summed E-state index contributed by atoms with van der Waals surface area (Å²) in [4.78, 5) is 0. The lowest BCUT2D eigenvalue weighted by Crippen LogP contribution is -2.16. The molecule has 0 saturated heterocycles. The van der Waals surface area contributed by atoms with Crippen molar-refractivity contribution in [2.24, 2.45) is 0 Å². The summed E-state index contributed by atoms with van der Waals surface area (Å²) in [7, 11) is 1.70. The third-order valence-corrected chi connectivity index (χ3v) is 2.33. The highest BCUT2D eigenvalue weighted by molar-refractivity contribution is 5.48. The number of benzene rings is 1. The lowest BCUT2D eigenvalue weighted by atomic mass is 10.1. The number of aliphatic hydroxyl groups is 1. The summed E-state index contributed by atoms with van der Waals surface area (Å²) in [6.07, 6.45) is -0.663. The van der Waals surface area contributed by atoms with Crippen molar-refractivity contribution in [1.82, 2.24) is 5.32 Å². The molecule has 1 atom stereocenters. The Morgan fingerprint density at radius 2 is 2.00 bits per heavy atom. The minimum Gasteiger partial charge on any atom is -0.454 e. The largest absolute Gasteiger partial charge is 0.454 e. The van der Waals surface area contributed by atoms with E-state index < -0.39 is 6.23 Å². The highest BCUT2D eigenvalue weighted by atomic mass is 16.7. The van der Waals surface area contributed by atoms with Gasteiger partial charge < -0.3 is 14.6 Å². The van der Waals surface area contributed by atoms with Crippen LogP contribution in [-0.4, -0.2) is 18.9 Å². The van der Waals surface area contributed by atoms with E-state index in [-0.39, 0.29) is 6.79 Å². The summed E-state index contributed by atoms with van der Waals surface area (Å²) >= 11 is 0. The van der Waals surface area contributed by atoms with E-state index in [1.807, 2.05) is 13.0 Å². The lowest BCUT2D eigenvalue weighted by Gasteiger charge is -2.13. The van der Waals surface area contributed by atoms with Crippen LogP contribution in [0.4, 0.5) is 0 Å². The van der Waals surface area contributed by atoms with Gasteiger partial charge in [0.15, 0.2) is 11.5 Å². The van der Waals surface area contributed by atoms with Crippen LogP contribution in [0, 0.1) is 6.92 Å². The first-order valence-corrected chi connectivity index (χ1v) is 4.48. The van der Waals surface area contributed by atoms with Gasteiger partial charge >= 0.3 is 0 Å². The van der Waals surface area contributed by atoms with Crippen molar-refractivity contribution in [3.8, 4) is 11.5 Å². The molecule has 1 aliphatic rings. The molecule has 0 aliphatic carbocycles. The molecule has 0 radical (unpaired) electrons. The van der Waals surface area contributed by atoms with Crippen LogP contribution in [0.5, 0.6) is 11.5 Å². The van der Waals surface area contributed by atoms with E-state index in [2.05, 4.69) is 5.32 Å². The molecule has 76 valence electrons. The molecule has 0 aromatic heterocycles. The Morgan fingerprint density at radius 1 is 1.36 bits per heavy atom. The number of nitrogens with one attached hydrogen (secondary N) is 1. The van der Waals surface area contributed by atoms with E-state index in [1.165, 1.54) is 0 Å². The van der Waals surface area contributed by atoms with Crippen LogP contribution < -0.4 is 14.8 Å². The Bertz CT molecular complexity index is 351. The Kier molecular flexibility index (Phi) is 2.31. The topological polar surface area (TPSA) is 50.7 Å². The number of hydrogen-bond acceptors (Lipinski definition) is 4. The number of aryl methyl sites for hydroxylation is 1. The van der Waals surface area contributed by atoms with E-state index >= 15 is 0 Å². The molecule has 1 heterocycles. The van der Waals surface area contributed by atoms with E-state index in [0.29, 0.717) is 5.75 Å². The third-order valence-electron chi connectivity index (χ3n) is 2.33.